The van der Waals surface area contributed by atoms with Crippen LogP contribution in [-0.2, 0) is 4.79 Å². The van der Waals surface area contributed by atoms with E-state index in [-0.39, 0.29) is 0 Å². The summed E-state index contributed by atoms with van der Waals surface area (Å²) < 4.78 is 0. The van der Waals surface area contributed by atoms with Crippen LogP contribution in [0.2, 0.25) is 0 Å². The maximum atomic E-state index is 9.43. The third-order valence-corrected chi connectivity index (χ3v) is 0.415. The van der Waals surface area contributed by atoms with Gasteiger partial charge in [-0.3, -0.25) is 4.79 Å². The molecule has 0 rings (SSSR count). The van der Waals surface area contributed by atoms with Gasteiger partial charge in [0.2, 0.25) is 6.29 Å². The Morgan fingerprint density at radius 2 is 2.43 bits per heavy atom. The van der Waals surface area contributed by atoms with Crippen molar-refractivity contribution >= 4 is 6.29 Å². The van der Waals surface area contributed by atoms with E-state index in [1.807, 2.05) is 0 Å². The Kier molecular flexibility index (Phi) is 4.24. The van der Waals surface area contributed by atoms with Gasteiger partial charge in [-0.2, -0.15) is 0 Å². The average Bonchev–Trinajstić information content (AvgIpc) is 1.69. The predicted molar refractivity (Wildman–Crippen MR) is 28.3 cm³/mol. The monoisotopic (exact) mass is 93.0 g/mol. The first kappa shape index (κ1) is 5.97. The average molecular weight is 93.1 g/mol. The lowest BCUT2D eigenvalue weighted by molar-refractivity contribution is 0.556. The zero-order valence-corrected chi connectivity index (χ0v) is 3.85. The summed E-state index contributed by atoms with van der Waals surface area (Å²) in [6.45, 7) is 0. The second kappa shape index (κ2) is 4.97. The van der Waals surface area contributed by atoms with Gasteiger partial charge in [0.25, 0.3) is 0 Å². The van der Waals surface area contributed by atoms with Crippen molar-refractivity contribution in [3.8, 4) is 12.3 Å². The summed E-state index contributed by atoms with van der Waals surface area (Å²) in [4.78, 5) is 9.43. The minimum absolute atomic E-state index is 0.296. The van der Waals surface area contributed by atoms with Crippen molar-refractivity contribution in [3.05, 3.63) is 12.2 Å². The quantitative estimate of drug-likeness (QED) is 0.459. The molecule has 0 saturated carbocycles. The van der Waals surface area contributed by atoms with Crippen molar-refractivity contribution in [1.29, 1.82) is 0 Å². The highest BCUT2D eigenvalue weighted by atomic mass is 16.1. The second-order valence-corrected chi connectivity index (χ2v) is 0.917. The molecule has 0 aliphatic heterocycles. The molecule has 0 atom stereocenters. The molecule has 0 N–H and O–H groups in total. The minimum Gasteiger partial charge on any atom is -0.291 e. The highest BCUT2D eigenvalue weighted by molar-refractivity contribution is 5.53. The summed E-state index contributed by atoms with van der Waals surface area (Å²) in [6, 6.07) is 0. The molecule has 0 fully saturated rings. The van der Waals surface area contributed by atoms with E-state index < -0.39 is 0 Å². The molecular formula is C6H5O. The van der Waals surface area contributed by atoms with E-state index in [1.54, 1.807) is 12.4 Å². The predicted octanol–water partition coefficient (Wildman–Crippen LogP) is 0.676. The van der Waals surface area contributed by atoms with Gasteiger partial charge in [0.15, 0.2) is 0 Å². The van der Waals surface area contributed by atoms with Gasteiger partial charge in [-0.1, -0.05) is 12.0 Å². The third-order valence-electron chi connectivity index (χ3n) is 0.415. The zero-order valence-electron chi connectivity index (χ0n) is 3.85. The molecule has 7 heavy (non-hydrogen) atoms. The molecule has 0 aliphatic carbocycles. The highest BCUT2D eigenvalue weighted by Gasteiger charge is 1.67. The van der Waals surface area contributed by atoms with Crippen molar-refractivity contribution in [2.75, 3.05) is 0 Å². The van der Waals surface area contributed by atoms with E-state index in [4.69, 9.17) is 6.42 Å². The fourth-order valence-electron chi connectivity index (χ4n) is 0.175. The van der Waals surface area contributed by atoms with Crippen LogP contribution in [0.3, 0.4) is 0 Å². The van der Waals surface area contributed by atoms with Crippen LogP contribution in [0.4, 0.5) is 0 Å². The van der Waals surface area contributed by atoms with E-state index >= 15 is 0 Å². The topological polar surface area (TPSA) is 17.1 Å². The van der Waals surface area contributed by atoms with Crippen LogP contribution >= 0.6 is 0 Å². The van der Waals surface area contributed by atoms with Crippen molar-refractivity contribution < 1.29 is 4.79 Å². The number of rotatable bonds is 2. The molecule has 1 nitrogen and oxygen atoms in total. The second-order valence-electron chi connectivity index (χ2n) is 0.917. The number of carbonyl (C=O) groups excluding carboxylic acids is 1. The molecule has 0 aromatic carbocycles. The number of allylic oxidation sites excluding steroid dienone is 2. The normalized spacial score (nSPS) is 8.43. The fraction of sp³-hybridized carbons (Fsp3) is 0.167. The van der Waals surface area contributed by atoms with E-state index in [9.17, 15) is 4.79 Å². The molecule has 0 spiro atoms. The minimum atomic E-state index is 0.296. The van der Waals surface area contributed by atoms with Crippen LogP contribution in [0.15, 0.2) is 12.2 Å². The van der Waals surface area contributed by atoms with E-state index in [0.717, 1.165) is 0 Å². The van der Waals surface area contributed by atoms with Crippen LogP contribution in [0, 0.1) is 12.3 Å². The number of hydrogen-bond acceptors (Lipinski definition) is 1. The Balaban J connectivity index is 3.14. The molecule has 0 aliphatic rings. The van der Waals surface area contributed by atoms with Crippen LogP contribution in [0.25, 0.3) is 0 Å². The first-order chi connectivity index (χ1) is 3.41. The summed E-state index contributed by atoms with van der Waals surface area (Å²) in [7, 11) is 0. The third kappa shape index (κ3) is 4.97. The first-order valence-electron chi connectivity index (χ1n) is 1.88. The molecule has 35 valence electrons. The van der Waals surface area contributed by atoms with Crippen molar-refractivity contribution in [2.24, 2.45) is 0 Å². The van der Waals surface area contributed by atoms with Crippen molar-refractivity contribution in [1.82, 2.24) is 0 Å². The van der Waals surface area contributed by atoms with Crippen LogP contribution in [-0.4, -0.2) is 6.29 Å². The molecule has 1 radical (unpaired) electrons. The lowest BCUT2D eigenvalue weighted by Crippen LogP contribution is -1.62. The van der Waals surface area contributed by atoms with Gasteiger partial charge in [-0.25, -0.2) is 0 Å². The smallest absolute Gasteiger partial charge is 0.202 e. The summed E-state index contributed by atoms with van der Waals surface area (Å²) in [6.07, 6.45) is 9.82. The maximum Gasteiger partial charge on any atom is 0.202 e. The molecule has 0 unspecified atom stereocenters. The van der Waals surface area contributed by atoms with Gasteiger partial charge in [-0.15, -0.1) is 6.42 Å². The molecule has 0 heterocycles. The molecule has 1 heteroatoms. The summed E-state index contributed by atoms with van der Waals surface area (Å²) in [5.41, 5.74) is 0. The molecule has 0 amide bonds. The number of terminal acetylenes is 1. The molecule has 0 bridgehead atoms. The van der Waals surface area contributed by atoms with Crippen LogP contribution in [0.5, 0.6) is 0 Å². The Hall–Kier alpha value is -1.03. The Labute approximate surface area is 43.0 Å². The summed E-state index contributed by atoms with van der Waals surface area (Å²) in [5, 5.41) is 0. The van der Waals surface area contributed by atoms with Gasteiger partial charge in [0.05, 0.1) is 0 Å². The van der Waals surface area contributed by atoms with Gasteiger partial charge in [0.1, 0.15) is 0 Å². The Bertz CT molecular complexity index is 106. The Morgan fingerprint density at radius 1 is 1.71 bits per heavy atom. The molecule has 0 aromatic rings. The lowest BCUT2D eigenvalue weighted by Gasteiger charge is -1.64. The standard InChI is InChI=1S/C6H5O/c1-2-3-4-5-6-7/h1,3-4H,5H2/b4-3+. The largest absolute Gasteiger partial charge is 0.291 e. The SMILES string of the molecule is C#C/C=C/C[C]=O. The lowest BCUT2D eigenvalue weighted by atomic mass is 10.4. The summed E-state index contributed by atoms with van der Waals surface area (Å²) >= 11 is 0. The maximum absolute atomic E-state index is 9.43. The molecular weight excluding hydrogens is 88.1 g/mol. The van der Waals surface area contributed by atoms with Crippen LogP contribution in [0.1, 0.15) is 6.42 Å². The van der Waals surface area contributed by atoms with E-state index in [1.165, 1.54) is 6.08 Å². The fourth-order valence-corrected chi connectivity index (χ4v) is 0.175. The van der Waals surface area contributed by atoms with Crippen LogP contribution < -0.4 is 0 Å². The molecule has 0 aromatic heterocycles. The van der Waals surface area contributed by atoms with E-state index in [0.29, 0.717) is 6.42 Å². The Morgan fingerprint density at radius 3 is 2.86 bits per heavy atom. The van der Waals surface area contributed by atoms with Gasteiger partial charge >= 0.3 is 0 Å². The van der Waals surface area contributed by atoms with Crippen molar-refractivity contribution in [3.63, 3.8) is 0 Å². The highest BCUT2D eigenvalue weighted by Crippen LogP contribution is 1.72. The van der Waals surface area contributed by atoms with Gasteiger partial charge in [0, 0.05) is 6.42 Å². The summed E-state index contributed by atoms with van der Waals surface area (Å²) in [5.74, 6) is 2.24. The zero-order chi connectivity index (χ0) is 5.54. The first-order valence-corrected chi connectivity index (χ1v) is 1.88. The van der Waals surface area contributed by atoms with E-state index in [2.05, 4.69) is 5.92 Å². The van der Waals surface area contributed by atoms with Gasteiger partial charge in [-0.05, 0) is 6.08 Å². The number of hydrogen-bond donors (Lipinski definition) is 0. The molecule has 0 saturated heterocycles. The van der Waals surface area contributed by atoms with Gasteiger partial charge < -0.3 is 0 Å². The van der Waals surface area contributed by atoms with Crippen molar-refractivity contribution in [2.45, 2.75) is 6.42 Å².